The van der Waals surface area contributed by atoms with Crippen molar-refractivity contribution in [2.45, 2.75) is 52.6 Å². The Morgan fingerprint density at radius 3 is 2.27 bits per heavy atom. The molecule has 0 saturated carbocycles. The van der Waals surface area contributed by atoms with E-state index in [1.165, 1.54) is 10.6 Å². The molecule has 0 radical (unpaired) electrons. The summed E-state index contributed by atoms with van der Waals surface area (Å²) in [5, 5.41) is 3.42. The first kappa shape index (κ1) is 31.2. The molecule has 0 bridgehead atoms. The quantitative estimate of drug-likeness (QED) is 0.297. The molecule has 1 N–H and O–H groups in total. The van der Waals surface area contributed by atoms with E-state index in [0.717, 1.165) is 22.3 Å². The lowest BCUT2D eigenvalue weighted by Gasteiger charge is -2.32. The van der Waals surface area contributed by atoms with E-state index in [0.29, 0.717) is 30.1 Å². The lowest BCUT2D eigenvalue weighted by molar-refractivity contribution is -0.141. The Hall–Kier alpha value is -3.36. The zero-order valence-electron chi connectivity index (χ0n) is 23.6. The highest BCUT2D eigenvalue weighted by Crippen LogP contribution is 2.26. The van der Waals surface area contributed by atoms with E-state index >= 15 is 0 Å². The number of amides is 2. The van der Waals surface area contributed by atoms with E-state index in [-0.39, 0.29) is 31.3 Å². The molecule has 1 atom stereocenters. The molecule has 40 heavy (non-hydrogen) atoms. The summed E-state index contributed by atoms with van der Waals surface area (Å²) in [6, 6.07) is 21.6. The normalized spacial score (nSPS) is 12.0. The first-order chi connectivity index (χ1) is 19.0. The third kappa shape index (κ3) is 8.57. The van der Waals surface area contributed by atoms with Crippen LogP contribution in [0.2, 0.25) is 5.02 Å². The summed E-state index contributed by atoms with van der Waals surface area (Å²) < 4.78 is 26.8. The van der Waals surface area contributed by atoms with Gasteiger partial charge in [0.2, 0.25) is 21.8 Å². The Bertz CT molecular complexity index is 1410. The third-order valence-electron chi connectivity index (χ3n) is 6.86. The Balaban J connectivity index is 1.88. The van der Waals surface area contributed by atoms with E-state index in [4.69, 9.17) is 11.6 Å². The van der Waals surface area contributed by atoms with Crippen molar-refractivity contribution in [3.8, 4) is 0 Å². The molecular weight excluding hydrogens is 546 g/mol. The molecule has 9 heteroatoms. The van der Waals surface area contributed by atoms with Crippen LogP contribution in [-0.2, 0) is 32.6 Å². The number of carbonyl (C=O) groups excluding carboxylic acids is 2. The molecule has 214 valence electrons. The molecule has 3 rings (SSSR count). The maximum atomic E-state index is 13.8. The van der Waals surface area contributed by atoms with Crippen LogP contribution in [0, 0.1) is 13.8 Å². The Kier molecular flexibility index (Phi) is 11.2. The second-order valence-electron chi connectivity index (χ2n) is 9.91. The van der Waals surface area contributed by atoms with Crippen LogP contribution in [0.3, 0.4) is 0 Å². The van der Waals surface area contributed by atoms with Crippen LogP contribution in [0.5, 0.6) is 0 Å². The van der Waals surface area contributed by atoms with Gasteiger partial charge in [0.15, 0.2) is 0 Å². The minimum Gasteiger partial charge on any atom is -0.355 e. The summed E-state index contributed by atoms with van der Waals surface area (Å²) in [4.78, 5) is 28.7. The topological polar surface area (TPSA) is 86.8 Å². The molecule has 7 nitrogen and oxygen atoms in total. The highest BCUT2D eigenvalue weighted by molar-refractivity contribution is 7.92. The van der Waals surface area contributed by atoms with Crippen LogP contribution in [0.15, 0.2) is 72.8 Å². The minimum absolute atomic E-state index is 0.0716. The average Bonchev–Trinajstić information content (AvgIpc) is 2.90. The van der Waals surface area contributed by atoms with Crippen molar-refractivity contribution >= 4 is 39.1 Å². The number of hydrogen-bond acceptors (Lipinski definition) is 4. The van der Waals surface area contributed by atoms with Gasteiger partial charge in [-0.25, -0.2) is 8.42 Å². The summed E-state index contributed by atoms with van der Waals surface area (Å²) >= 11 is 6.23. The first-order valence-corrected chi connectivity index (χ1v) is 15.6. The Labute approximate surface area is 243 Å². The van der Waals surface area contributed by atoms with E-state index in [1.807, 2.05) is 75.4 Å². The van der Waals surface area contributed by atoms with E-state index in [2.05, 4.69) is 5.32 Å². The molecule has 0 saturated heterocycles. The number of hydrogen-bond donors (Lipinski definition) is 1. The highest BCUT2D eigenvalue weighted by atomic mass is 35.5. The van der Waals surface area contributed by atoms with Gasteiger partial charge in [0.1, 0.15) is 6.04 Å². The fraction of sp³-hybridized carbons (Fsp3) is 0.355. The van der Waals surface area contributed by atoms with Gasteiger partial charge in [-0.15, -0.1) is 0 Å². The summed E-state index contributed by atoms with van der Waals surface area (Å²) in [5.41, 5.74) is 4.20. The van der Waals surface area contributed by atoms with Crippen molar-refractivity contribution in [3.63, 3.8) is 0 Å². The SMILES string of the molecule is CCNC(=O)[C@H](Cc1ccccc1)N(Cc1cccc(Cl)c1)C(=O)CCCN(c1cccc(C)c1C)S(C)(=O)=O. The van der Waals surface area contributed by atoms with Gasteiger partial charge in [0, 0.05) is 37.5 Å². The minimum atomic E-state index is -3.58. The van der Waals surface area contributed by atoms with Crippen molar-refractivity contribution in [1.82, 2.24) is 10.2 Å². The highest BCUT2D eigenvalue weighted by Gasteiger charge is 2.30. The lowest BCUT2D eigenvalue weighted by atomic mass is 10.0. The van der Waals surface area contributed by atoms with Gasteiger partial charge < -0.3 is 10.2 Å². The molecule has 3 aromatic carbocycles. The number of nitrogens with zero attached hydrogens (tertiary/aromatic N) is 2. The van der Waals surface area contributed by atoms with Crippen LogP contribution in [0.1, 0.15) is 42.0 Å². The van der Waals surface area contributed by atoms with Crippen LogP contribution in [0.25, 0.3) is 0 Å². The number of anilines is 1. The van der Waals surface area contributed by atoms with E-state index in [1.54, 1.807) is 23.1 Å². The molecule has 0 unspecified atom stereocenters. The predicted molar refractivity (Wildman–Crippen MR) is 162 cm³/mol. The molecule has 0 aromatic heterocycles. The third-order valence-corrected chi connectivity index (χ3v) is 8.28. The molecule has 0 heterocycles. The summed E-state index contributed by atoms with van der Waals surface area (Å²) in [6.45, 7) is 6.44. The molecule has 2 amide bonds. The van der Waals surface area contributed by atoms with Gasteiger partial charge in [-0.05, 0) is 67.6 Å². The van der Waals surface area contributed by atoms with Gasteiger partial charge >= 0.3 is 0 Å². The van der Waals surface area contributed by atoms with Crippen molar-refractivity contribution < 1.29 is 18.0 Å². The number of halogens is 1. The zero-order chi connectivity index (χ0) is 29.3. The lowest BCUT2D eigenvalue weighted by Crippen LogP contribution is -2.50. The number of aryl methyl sites for hydroxylation is 1. The van der Waals surface area contributed by atoms with Gasteiger partial charge in [0.05, 0.1) is 11.9 Å². The van der Waals surface area contributed by atoms with Crippen molar-refractivity contribution in [2.75, 3.05) is 23.7 Å². The van der Waals surface area contributed by atoms with Crippen LogP contribution in [0.4, 0.5) is 5.69 Å². The zero-order valence-corrected chi connectivity index (χ0v) is 25.1. The summed E-state index contributed by atoms with van der Waals surface area (Å²) in [6.07, 6.45) is 1.88. The fourth-order valence-electron chi connectivity index (χ4n) is 4.67. The second-order valence-corrected chi connectivity index (χ2v) is 12.3. The average molecular weight is 584 g/mol. The molecule has 0 aliphatic carbocycles. The van der Waals surface area contributed by atoms with Gasteiger partial charge in [-0.1, -0.05) is 66.2 Å². The number of likely N-dealkylation sites (N-methyl/N-ethyl adjacent to an activating group) is 1. The number of benzene rings is 3. The van der Waals surface area contributed by atoms with Crippen molar-refractivity contribution in [2.24, 2.45) is 0 Å². The monoisotopic (exact) mass is 583 g/mol. The largest absolute Gasteiger partial charge is 0.355 e. The van der Waals surface area contributed by atoms with Gasteiger partial charge in [-0.3, -0.25) is 13.9 Å². The van der Waals surface area contributed by atoms with Crippen molar-refractivity contribution in [3.05, 3.63) is 100 Å². The Morgan fingerprint density at radius 2 is 1.62 bits per heavy atom. The molecular formula is C31H38ClN3O4S. The van der Waals surface area contributed by atoms with E-state index in [9.17, 15) is 18.0 Å². The Morgan fingerprint density at radius 1 is 0.950 bits per heavy atom. The number of sulfonamides is 1. The van der Waals surface area contributed by atoms with Gasteiger partial charge in [-0.2, -0.15) is 0 Å². The summed E-state index contributed by atoms with van der Waals surface area (Å²) in [5.74, 6) is -0.476. The molecule has 0 aliphatic heterocycles. The molecule has 0 aliphatic rings. The van der Waals surface area contributed by atoms with Crippen LogP contribution in [-0.4, -0.2) is 50.5 Å². The summed E-state index contributed by atoms with van der Waals surface area (Å²) in [7, 11) is -3.58. The molecule has 3 aromatic rings. The smallest absolute Gasteiger partial charge is 0.243 e. The fourth-order valence-corrected chi connectivity index (χ4v) is 5.89. The second kappa shape index (κ2) is 14.3. The van der Waals surface area contributed by atoms with Gasteiger partial charge in [0.25, 0.3) is 0 Å². The number of nitrogens with one attached hydrogen (secondary N) is 1. The maximum absolute atomic E-state index is 13.8. The number of rotatable bonds is 13. The standard InChI is InChI=1S/C31H38ClN3O4S/c1-5-33-31(37)29(21-25-13-7-6-8-14-25)34(22-26-15-10-16-27(32)20-26)30(36)18-11-19-35(40(4,38)39)28-17-9-12-23(2)24(28)3/h6-10,12-17,20,29H,5,11,18-19,21-22H2,1-4H3,(H,33,37)/t29-/m0/s1. The molecule has 0 spiro atoms. The maximum Gasteiger partial charge on any atom is 0.243 e. The predicted octanol–water partition coefficient (Wildman–Crippen LogP) is 5.28. The van der Waals surface area contributed by atoms with Crippen molar-refractivity contribution in [1.29, 1.82) is 0 Å². The number of carbonyl (C=O) groups is 2. The first-order valence-electron chi connectivity index (χ1n) is 13.4. The van der Waals surface area contributed by atoms with E-state index < -0.39 is 16.1 Å². The molecule has 0 fully saturated rings. The van der Waals surface area contributed by atoms with Crippen LogP contribution < -0.4 is 9.62 Å². The van der Waals surface area contributed by atoms with Crippen LogP contribution >= 0.6 is 11.6 Å².